The second-order valence-electron chi connectivity index (χ2n) is 15.7. The van der Waals surface area contributed by atoms with E-state index in [9.17, 15) is 19.3 Å². The van der Waals surface area contributed by atoms with Gasteiger partial charge in [0, 0.05) is 12.8 Å². The average molecular weight is 799 g/mol. The molecule has 0 spiro atoms. The third kappa shape index (κ3) is 43.2. The van der Waals surface area contributed by atoms with E-state index in [0.717, 1.165) is 63.7 Å². The largest absolute Gasteiger partial charge is 0.469 e. The lowest BCUT2D eigenvalue weighted by Gasteiger charge is -2.18. The van der Waals surface area contributed by atoms with Gasteiger partial charge in [0.1, 0.15) is 6.61 Å². The number of esters is 2. The van der Waals surface area contributed by atoms with E-state index in [0.29, 0.717) is 12.8 Å². The normalized spacial score (nSPS) is 13.4. The van der Waals surface area contributed by atoms with Crippen LogP contribution in [0.2, 0.25) is 0 Å². The van der Waals surface area contributed by atoms with Gasteiger partial charge in [0.2, 0.25) is 0 Å². The topological polar surface area (TPSA) is 140 Å². The number of aliphatic hydroxyl groups excluding tert-OH is 1. The third-order valence-electron chi connectivity index (χ3n) is 9.68. The Morgan fingerprint density at radius 3 is 1.56 bits per heavy atom. The van der Waals surface area contributed by atoms with Crippen LogP contribution in [0.5, 0.6) is 0 Å². The predicted molar refractivity (Wildman–Crippen MR) is 227 cm³/mol. The van der Waals surface area contributed by atoms with Crippen molar-refractivity contribution in [3.05, 3.63) is 36.5 Å². The van der Waals surface area contributed by atoms with Crippen LogP contribution in [0.15, 0.2) is 36.5 Å². The maximum absolute atomic E-state index is 12.4. The summed E-state index contributed by atoms with van der Waals surface area (Å²) in [6, 6.07) is 0. The number of carbonyl (C=O) groups excluding carboxylic acids is 2. The summed E-state index contributed by atoms with van der Waals surface area (Å²) in [5.41, 5.74) is 0. The molecule has 55 heavy (non-hydrogen) atoms. The van der Waals surface area contributed by atoms with Crippen LogP contribution < -0.4 is 0 Å². The minimum atomic E-state index is -4.77. The van der Waals surface area contributed by atoms with Crippen molar-refractivity contribution in [1.82, 2.24) is 0 Å². The molecule has 0 saturated heterocycles. The first-order valence-electron chi connectivity index (χ1n) is 22.2. The Bertz CT molecular complexity index is 1020. The molecule has 3 N–H and O–H groups in total. The molecular formula is C45H83O9P. The fourth-order valence-corrected chi connectivity index (χ4v) is 6.72. The minimum absolute atomic E-state index is 0.167. The van der Waals surface area contributed by atoms with Gasteiger partial charge >= 0.3 is 19.8 Å². The molecule has 0 bridgehead atoms. The summed E-state index contributed by atoms with van der Waals surface area (Å²) in [6.07, 6.45) is 42.0. The monoisotopic (exact) mass is 799 g/mol. The smallest absolute Gasteiger partial charge is 0.462 e. The summed E-state index contributed by atoms with van der Waals surface area (Å²) in [6.45, 7) is 5.83. The van der Waals surface area contributed by atoms with Gasteiger partial charge in [-0.2, -0.15) is 0 Å². The van der Waals surface area contributed by atoms with Gasteiger partial charge < -0.3 is 24.4 Å². The van der Waals surface area contributed by atoms with Gasteiger partial charge in [-0.1, -0.05) is 192 Å². The Balaban J connectivity index is 3.89. The van der Waals surface area contributed by atoms with E-state index < -0.39 is 38.6 Å². The molecule has 2 atom stereocenters. The van der Waals surface area contributed by atoms with Gasteiger partial charge in [-0.15, -0.1) is 0 Å². The predicted octanol–water partition coefficient (Wildman–Crippen LogP) is 12.6. The lowest BCUT2D eigenvalue weighted by atomic mass is 10.0. The van der Waals surface area contributed by atoms with E-state index in [1.807, 2.05) is 24.3 Å². The van der Waals surface area contributed by atoms with Gasteiger partial charge in [-0.3, -0.25) is 14.1 Å². The average Bonchev–Trinajstić information content (AvgIpc) is 3.13. The molecule has 0 aromatic rings. The molecule has 0 rings (SSSR count). The quantitative estimate of drug-likeness (QED) is 0.0182. The fraction of sp³-hybridized carbons (Fsp3) is 0.822. The van der Waals surface area contributed by atoms with E-state index >= 15 is 0 Å². The van der Waals surface area contributed by atoms with Gasteiger partial charge in [-0.25, -0.2) is 4.57 Å². The molecular weight excluding hydrogens is 715 g/mol. The first kappa shape index (κ1) is 53.2. The summed E-state index contributed by atoms with van der Waals surface area (Å²) in [5, 5.41) is 9.85. The van der Waals surface area contributed by atoms with Crippen molar-refractivity contribution >= 4 is 19.8 Å². The minimum Gasteiger partial charge on any atom is -0.462 e. The number of carbonyl (C=O) groups is 2. The summed E-state index contributed by atoms with van der Waals surface area (Å²) < 4.78 is 26.4. The molecule has 9 nitrogen and oxygen atoms in total. The van der Waals surface area contributed by atoms with Crippen molar-refractivity contribution < 1.29 is 43.0 Å². The van der Waals surface area contributed by atoms with Gasteiger partial charge in [0.05, 0.1) is 12.7 Å². The number of rotatable bonds is 40. The van der Waals surface area contributed by atoms with E-state index in [-0.39, 0.29) is 19.4 Å². The van der Waals surface area contributed by atoms with Crippen molar-refractivity contribution in [1.29, 1.82) is 0 Å². The van der Waals surface area contributed by atoms with Crippen LogP contribution in [0.25, 0.3) is 0 Å². The number of phosphoric ester groups is 1. The number of aliphatic hydroxyl groups is 1. The molecule has 0 radical (unpaired) electrons. The van der Waals surface area contributed by atoms with Gasteiger partial charge in [0.15, 0.2) is 6.10 Å². The van der Waals surface area contributed by atoms with Crippen LogP contribution in [0, 0.1) is 5.92 Å². The van der Waals surface area contributed by atoms with E-state index in [4.69, 9.17) is 19.3 Å². The van der Waals surface area contributed by atoms with Crippen molar-refractivity contribution in [2.75, 3.05) is 13.2 Å². The first-order valence-corrected chi connectivity index (χ1v) is 23.8. The number of allylic oxidation sites excluding steroid dienone is 4. The highest BCUT2D eigenvalue weighted by Gasteiger charge is 2.23. The number of unbranched alkanes of at least 4 members (excludes halogenated alkanes) is 22. The fourth-order valence-electron chi connectivity index (χ4n) is 6.36. The SMILES string of the molecule is CC/C=C/CC(O)/C=C/C=C/CCCCCCCC(=O)O[C@H](COC(=O)CCCCCCCCCCCCCCCCCCCCC(C)C)COP(=O)(O)O. The summed E-state index contributed by atoms with van der Waals surface area (Å²) >= 11 is 0. The van der Waals surface area contributed by atoms with Crippen LogP contribution in [-0.2, 0) is 28.2 Å². The summed E-state index contributed by atoms with van der Waals surface area (Å²) in [7, 11) is -4.77. The molecule has 0 aliphatic heterocycles. The lowest BCUT2D eigenvalue weighted by molar-refractivity contribution is -0.161. The maximum Gasteiger partial charge on any atom is 0.469 e. The first-order chi connectivity index (χ1) is 26.5. The second kappa shape index (κ2) is 39.1. The van der Waals surface area contributed by atoms with E-state index in [1.165, 1.54) is 103 Å². The van der Waals surface area contributed by atoms with Crippen molar-refractivity contribution in [2.24, 2.45) is 5.92 Å². The number of hydrogen-bond acceptors (Lipinski definition) is 7. The molecule has 10 heteroatoms. The van der Waals surface area contributed by atoms with Crippen LogP contribution >= 0.6 is 7.82 Å². The number of hydrogen-bond donors (Lipinski definition) is 3. The highest BCUT2D eigenvalue weighted by molar-refractivity contribution is 7.46. The number of ether oxygens (including phenoxy) is 2. The molecule has 1 unspecified atom stereocenters. The van der Waals surface area contributed by atoms with E-state index in [2.05, 4.69) is 31.4 Å². The Kier molecular flexibility index (Phi) is 37.8. The van der Waals surface area contributed by atoms with Gasteiger partial charge in [-0.05, 0) is 44.4 Å². The zero-order valence-corrected chi connectivity index (χ0v) is 36.2. The summed E-state index contributed by atoms with van der Waals surface area (Å²) in [5.74, 6) is -0.0858. The molecule has 322 valence electrons. The van der Waals surface area contributed by atoms with Crippen LogP contribution in [0.1, 0.15) is 207 Å². The zero-order valence-electron chi connectivity index (χ0n) is 35.4. The Morgan fingerprint density at radius 1 is 0.600 bits per heavy atom. The molecule has 0 aliphatic rings. The molecule has 0 heterocycles. The van der Waals surface area contributed by atoms with Crippen LogP contribution in [0.3, 0.4) is 0 Å². The molecule has 0 aromatic carbocycles. The van der Waals surface area contributed by atoms with Crippen molar-refractivity contribution in [3.8, 4) is 0 Å². The highest BCUT2D eigenvalue weighted by Crippen LogP contribution is 2.36. The highest BCUT2D eigenvalue weighted by atomic mass is 31.2. The standard InChI is InChI=1S/C45H83O9P/c1-4-5-29-35-42(46)36-31-26-22-18-16-20-24-28-33-38-45(48)54-43(40-53-55(49,50)51)39-52-44(47)37-32-27-23-19-15-13-11-9-7-6-8-10-12-14-17-21-25-30-34-41(2)3/h5,22,26,29,31,36,41-43,46H,4,6-21,23-25,27-28,30,32-35,37-40H2,1-3H3,(H2,49,50,51)/b26-22+,29-5+,36-31+/t42?,43-/m1/s1. The third-order valence-corrected chi connectivity index (χ3v) is 10.2. The molecule has 0 fully saturated rings. The Labute approximate surface area is 336 Å². The second-order valence-corrected chi connectivity index (χ2v) is 16.9. The van der Waals surface area contributed by atoms with Gasteiger partial charge in [0.25, 0.3) is 0 Å². The maximum atomic E-state index is 12.4. The van der Waals surface area contributed by atoms with Crippen LogP contribution in [-0.4, -0.2) is 52.3 Å². The zero-order chi connectivity index (χ0) is 40.7. The molecule has 0 aliphatic carbocycles. The number of phosphoric acid groups is 1. The van der Waals surface area contributed by atoms with Crippen LogP contribution in [0.4, 0.5) is 0 Å². The Hall–Kier alpha value is -1.77. The van der Waals surface area contributed by atoms with Crippen molar-refractivity contribution in [3.63, 3.8) is 0 Å². The summed E-state index contributed by atoms with van der Waals surface area (Å²) in [4.78, 5) is 42.9. The molecule has 0 saturated carbocycles. The van der Waals surface area contributed by atoms with E-state index in [1.54, 1.807) is 6.08 Å². The molecule has 0 amide bonds. The lowest BCUT2D eigenvalue weighted by Crippen LogP contribution is -2.29. The van der Waals surface area contributed by atoms with Crippen molar-refractivity contribution in [2.45, 2.75) is 219 Å². The Morgan fingerprint density at radius 2 is 1.07 bits per heavy atom. The molecule has 0 aromatic heterocycles.